The summed E-state index contributed by atoms with van der Waals surface area (Å²) in [5, 5.41) is 7.52. The molecule has 1 atom stereocenters. The maximum Gasteiger partial charge on any atom is 0.310 e. The minimum atomic E-state index is -0.177. The molecule has 1 fully saturated rings. The van der Waals surface area contributed by atoms with E-state index >= 15 is 0 Å². The van der Waals surface area contributed by atoms with Crippen LogP contribution in [-0.4, -0.2) is 45.4 Å². The second-order valence-electron chi connectivity index (χ2n) is 8.11. The summed E-state index contributed by atoms with van der Waals surface area (Å²) in [7, 11) is 0. The number of nitrogen functional groups attached to an aromatic ring is 1. The van der Waals surface area contributed by atoms with Gasteiger partial charge in [0.2, 0.25) is 5.95 Å². The molecule has 5 rings (SSSR count). The van der Waals surface area contributed by atoms with E-state index in [0.717, 1.165) is 40.9 Å². The van der Waals surface area contributed by atoms with Crippen LogP contribution in [0.1, 0.15) is 25.3 Å². The Morgan fingerprint density at radius 2 is 2.06 bits per heavy atom. The summed E-state index contributed by atoms with van der Waals surface area (Å²) in [5.41, 5.74) is 9.02. The van der Waals surface area contributed by atoms with Gasteiger partial charge in [-0.1, -0.05) is 36.4 Å². The third-order valence-electron chi connectivity index (χ3n) is 5.88. The first-order valence-electron chi connectivity index (χ1n) is 11.2. The summed E-state index contributed by atoms with van der Waals surface area (Å²) < 4.78 is 7.04. The maximum absolute atomic E-state index is 12.3. The van der Waals surface area contributed by atoms with E-state index in [-0.39, 0.29) is 11.9 Å². The number of nitrogens with zero attached hydrogens (tertiary/aromatic N) is 5. The molecule has 0 bridgehead atoms. The lowest BCUT2D eigenvalue weighted by Crippen LogP contribution is -2.40. The summed E-state index contributed by atoms with van der Waals surface area (Å²) in [6, 6.07) is 14.1. The van der Waals surface area contributed by atoms with Gasteiger partial charge in [0.1, 0.15) is 5.82 Å². The van der Waals surface area contributed by atoms with Crippen LogP contribution in [0.3, 0.4) is 0 Å². The molecule has 1 aliphatic heterocycles. The predicted molar refractivity (Wildman–Crippen MR) is 130 cm³/mol. The SMILES string of the molecule is CCOC(=O)C1CCCN(c2nc(-c3cccs3)c3c(N)n(Cc4ccccc4)nc3n2)C1. The Morgan fingerprint density at radius 3 is 2.82 bits per heavy atom. The molecule has 0 spiro atoms. The van der Waals surface area contributed by atoms with Gasteiger partial charge in [0.15, 0.2) is 5.65 Å². The van der Waals surface area contributed by atoms with Gasteiger partial charge in [0, 0.05) is 13.1 Å². The first kappa shape index (κ1) is 21.4. The lowest BCUT2D eigenvalue weighted by atomic mass is 9.98. The highest BCUT2D eigenvalue weighted by molar-refractivity contribution is 7.13. The highest BCUT2D eigenvalue weighted by atomic mass is 32.1. The van der Waals surface area contributed by atoms with Crippen molar-refractivity contribution >= 4 is 40.1 Å². The molecule has 2 N–H and O–H groups in total. The van der Waals surface area contributed by atoms with Crippen molar-refractivity contribution in [2.75, 3.05) is 30.3 Å². The van der Waals surface area contributed by atoms with Crippen molar-refractivity contribution in [1.82, 2.24) is 19.7 Å². The summed E-state index contributed by atoms with van der Waals surface area (Å²) in [6.07, 6.45) is 1.69. The Hall–Kier alpha value is -3.46. The number of fused-ring (bicyclic) bond motifs is 1. The molecule has 1 aromatic carbocycles. The van der Waals surface area contributed by atoms with Crippen molar-refractivity contribution in [2.24, 2.45) is 5.92 Å². The number of carbonyl (C=O) groups is 1. The molecule has 0 amide bonds. The zero-order valence-electron chi connectivity index (χ0n) is 18.5. The second kappa shape index (κ2) is 9.19. The van der Waals surface area contributed by atoms with Crippen molar-refractivity contribution in [1.29, 1.82) is 0 Å². The zero-order chi connectivity index (χ0) is 22.8. The van der Waals surface area contributed by atoms with Crippen LogP contribution in [0.5, 0.6) is 0 Å². The smallest absolute Gasteiger partial charge is 0.310 e. The fraction of sp³-hybridized carbons (Fsp3) is 0.333. The van der Waals surface area contributed by atoms with Crippen molar-refractivity contribution in [2.45, 2.75) is 26.3 Å². The van der Waals surface area contributed by atoms with Crippen LogP contribution in [0.2, 0.25) is 0 Å². The van der Waals surface area contributed by atoms with Crippen LogP contribution in [-0.2, 0) is 16.1 Å². The number of benzene rings is 1. The summed E-state index contributed by atoms with van der Waals surface area (Å²) in [4.78, 5) is 25.1. The Kier molecular flexibility index (Phi) is 5.95. The van der Waals surface area contributed by atoms with Gasteiger partial charge >= 0.3 is 5.97 Å². The Labute approximate surface area is 196 Å². The van der Waals surface area contributed by atoms with Crippen molar-refractivity contribution < 1.29 is 9.53 Å². The van der Waals surface area contributed by atoms with E-state index in [9.17, 15) is 4.79 Å². The number of hydrogen-bond donors (Lipinski definition) is 1. The molecule has 1 unspecified atom stereocenters. The maximum atomic E-state index is 12.3. The monoisotopic (exact) mass is 462 g/mol. The third-order valence-corrected chi connectivity index (χ3v) is 6.76. The largest absolute Gasteiger partial charge is 0.466 e. The van der Waals surface area contributed by atoms with Crippen LogP contribution in [0.15, 0.2) is 47.8 Å². The fourth-order valence-corrected chi connectivity index (χ4v) is 4.98. The highest BCUT2D eigenvalue weighted by Gasteiger charge is 2.29. The van der Waals surface area contributed by atoms with Gasteiger partial charge in [0.25, 0.3) is 0 Å². The Bertz CT molecular complexity index is 1260. The highest BCUT2D eigenvalue weighted by Crippen LogP contribution is 2.35. The lowest BCUT2D eigenvalue weighted by Gasteiger charge is -2.31. The van der Waals surface area contributed by atoms with Crippen molar-refractivity contribution in [3.63, 3.8) is 0 Å². The number of piperidine rings is 1. The standard InChI is InChI=1S/C24H26N6O2S/c1-2-32-23(31)17-10-6-12-29(15-17)24-26-20(18-11-7-13-33-18)19-21(25)30(28-22(19)27-24)14-16-8-4-3-5-9-16/h3-5,7-9,11,13,17H,2,6,10,12,14-15,25H2,1H3. The number of nitrogens with two attached hydrogens (primary N) is 1. The fourth-order valence-electron chi connectivity index (χ4n) is 4.26. The van der Waals surface area contributed by atoms with E-state index in [1.807, 2.05) is 54.8 Å². The Morgan fingerprint density at radius 1 is 1.21 bits per heavy atom. The predicted octanol–water partition coefficient (Wildman–Crippen LogP) is 3.96. The van der Waals surface area contributed by atoms with E-state index in [0.29, 0.717) is 37.1 Å². The molecular formula is C24H26N6O2S. The Balaban J connectivity index is 1.56. The molecule has 9 heteroatoms. The zero-order valence-corrected chi connectivity index (χ0v) is 19.3. The lowest BCUT2D eigenvalue weighted by molar-refractivity contribution is -0.148. The minimum absolute atomic E-state index is 0.154. The van der Waals surface area contributed by atoms with Gasteiger partial charge in [0.05, 0.1) is 35.0 Å². The third kappa shape index (κ3) is 4.28. The van der Waals surface area contributed by atoms with Crippen LogP contribution < -0.4 is 10.6 Å². The van der Waals surface area contributed by atoms with Gasteiger partial charge < -0.3 is 15.4 Å². The van der Waals surface area contributed by atoms with Crippen LogP contribution >= 0.6 is 11.3 Å². The van der Waals surface area contributed by atoms with Crippen LogP contribution in [0.4, 0.5) is 11.8 Å². The molecule has 33 heavy (non-hydrogen) atoms. The number of hydrogen-bond acceptors (Lipinski definition) is 8. The number of esters is 1. The topological polar surface area (TPSA) is 99.2 Å². The molecule has 0 saturated carbocycles. The number of carbonyl (C=O) groups excluding carboxylic acids is 1. The molecular weight excluding hydrogens is 436 g/mol. The molecule has 1 saturated heterocycles. The van der Waals surface area contributed by atoms with Gasteiger partial charge in [-0.3, -0.25) is 4.79 Å². The first-order valence-corrected chi connectivity index (χ1v) is 12.1. The summed E-state index contributed by atoms with van der Waals surface area (Å²) >= 11 is 1.60. The summed E-state index contributed by atoms with van der Waals surface area (Å²) in [5.74, 6) is 0.790. The number of thiophene rings is 1. The van der Waals surface area contributed by atoms with Gasteiger partial charge in [-0.05, 0) is 36.8 Å². The van der Waals surface area contributed by atoms with Crippen LogP contribution in [0, 0.1) is 5.92 Å². The van der Waals surface area contributed by atoms with E-state index in [1.54, 1.807) is 16.0 Å². The van der Waals surface area contributed by atoms with E-state index < -0.39 is 0 Å². The normalized spacial score (nSPS) is 16.3. The van der Waals surface area contributed by atoms with Crippen LogP contribution in [0.25, 0.3) is 21.6 Å². The minimum Gasteiger partial charge on any atom is -0.466 e. The van der Waals surface area contributed by atoms with Gasteiger partial charge in [-0.2, -0.15) is 4.98 Å². The van der Waals surface area contributed by atoms with E-state index in [1.165, 1.54) is 0 Å². The van der Waals surface area contributed by atoms with E-state index in [4.69, 9.17) is 25.5 Å². The quantitative estimate of drug-likeness (QED) is 0.433. The molecule has 4 heterocycles. The number of ether oxygens (including phenoxy) is 1. The van der Waals surface area contributed by atoms with Gasteiger partial charge in [-0.25, -0.2) is 9.67 Å². The summed E-state index contributed by atoms with van der Waals surface area (Å²) in [6.45, 7) is 4.09. The molecule has 0 radical (unpaired) electrons. The second-order valence-corrected chi connectivity index (χ2v) is 9.06. The van der Waals surface area contributed by atoms with Crippen molar-refractivity contribution in [3.05, 3.63) is 53.4 Å². The molecule has 3 aromatic heterocycles. The number of anilines is 2. The first-order chi connectivity index (χ1) is 16.1. The average molecular weight is 463 g/mol. The number of aromatic nitrogens is 4. The van der Waals surface area contributed by atoms with Gasteiger partial charge in [-0.15, -0.1) is 16.4 Å². The molecule has 8 nitrogen and oxygen atoms in total. The van der Waals surface area contributed by atoms with E-state index in [2.05, 4.69) is 4.90 Å². The van der Waals surface area contributed by atoms with Crippen molar-refractivity contribution in [3.8, 4) is 10.6 Å². The molecule has 1 aliphatic rings. The number of rotatable bonds is 6. The molecule has 4 aromatic rings. The molecule has 0 aliphatic carbocycles. The average Bonchev–Trinajstić information content (AvgIpc) is 3.48. The molecule has 170 valence electrons.